The molecule has 3 aliphatic carbocycles. The molecule has 0 radical (unpaired) electrons. The first-order chi connectivity index (χ1) is 20.4. The Morgan fingerprint density at radius 1 is 0.953 bits per heavy atom. The van der Waals surface area contributed by atoms with Crippen molar-refractivity contribution in [1.29, 1.82) is 0 Å². The molecule has 13 heteroatoms. The van der Waals surface area contributed by atoms with Crippen LogP contribution in [0.15, 0.2) is 52.5 Å². The highest BCUT2D eigenvalue weighted by Crippen LogP contribution is 2.52. The molecule has 3 aliphatic rings. The van der Waals surface area contributed by atoms with E-state index in [0.29, 0.717) is 24.0 Å². The van der Waals surface area contributed by atoms with Crippen LogP contribution in [-0.4, -0.2) is 96.0 Å². The van der Waals surface area contributed by atoms with Crippen LogP contribution in [0.4, 0.5) is 0 Å². The van der Waals surface area contributed by atoms with Gasteiger partial charge in [0.25, 0.3) is 0 Å². The van der Waals surface area contributed by atoms with Crippen molar-refractivity contribution in [3.8, 4) is 11.5 Å². The summed E-state index contributed by atoms with van der Waals surface area (Å²) in [6.07, 6.45) is -4.93. The Bertz CT molecular complexity index is 1540. The van der Waals surface area contributed by atoms with Gasteiger partial charge in [0.1, 0.15) is 35.9 Å². The van der Waals surface area contributed by atoms with Gasteiger partial charge in [-0.1, -0.05) is 18.2 Å². The molecule has 0 aromatic heterocycles. The molecular weight excluding hydrogens is 568 g/mol. The summed E-state index contributed by atoms with van der Waals surface area (Å²) in [5.41, 5.74) is 0.190. The molecule has 0 spiro atoms. The van der Waals surface area contributed by atoms with Crippen LogP contribution in [-0.2, 0) is 27.2 Å². The van der Waals surface area contributed by atoms with Gasteiger partial charge in [-0.25, -0.2) is 4.79 Å². The van der Waals surface area contributed by atoms with Crippen LogP contribution in [0.1, 0.15) is 24.0 Å². The smallest absolute Gasteiger partial charge is 0.328 e. The average molecular weight is 601 g/mol. The Labute approximate surface area is 244 Å². The molecule has 0 amide bonds. The van der Waals surface area contributed by atoms with E-state index >= 15 is 0 Å². The quantitative estimate of drug-likeness (QED) is 0.179. The van der Waals surface area contributed by atoms with Crippen LogP contribution in [0.25, 0.3) is 10.8 Å². The van der Waals surface area contributed by atoms with Crippen molar-refractivity contribution in [2.75, 3.05) is 6.61 Å². The Hall–Kier alpha value is -4.01. The molecule has 7 atom stereocenters. The number of aliphatic carboxylic acids is 2. The molecule has 230 valence electrons. The van der Waals surface area contributed by atoms with Gasteiger partial charge in [-0.2, -0.15) is 0 Å². The third kappa shape index (κ3) is 6.08. The predicted molar refractivity (Wildman–Crippen MR) is 148 cm³/mol. The zero-order chi connectivity index (χ0) is 31.2. The number of hydrogen-bond donors (Lipinski definition) is 8. The average Bonchev–Trinajstić information content (AvgIpc) is 3.67. The lowest BCUT2D eigenvalue weighted by atomic mass is 9.90. The van der Waals surface area contributed by atoms with Crippen molar-refractivity contribution in [3.05, 3.63) is 69.1 Å². The van der Waals surface area contributed by atoms with Crippen molar-refractivity contribution < 1.29 is 59.9 Å². The maximum Gasteiger partial charge on any atom is 0.328 e. The molecule has 0 heterocycles. The van der Waals surface area contributed by atoms with E-state index < -0.39 is 78.0 Å². The van der Waals surface area contributed by atoms with Crippen molar-refractivity contribution in [1.82, 2.24) is 0 Å². The SMILES string of the molecule is O=C(O)/C=C1/C=C(O)C(OCCc2cc(OC3C4C(O)C(O)C(O)C(O)C34)c(=O)c3c(O)c(CC(=O)O)ccc3c2)CC1. The lowest BCUT2D eigenvalue weighted by Crippen LogP contribution is -2.50. The Morgan fingerprint density at radius 3 is 2.23 bits per heavy atom. The molecule has 2 fully saturated rings. The van der Waals surface area contributed by atoms with Gasteiger partial charge < -0.3 is 50.3 Å². The lowest BCUT2D eigenvalue weighted by molar-refractivity contribution is -0.139. The second-order valence-electron chi connectivity index (χ2n) is 11.1. The lowest BCUT2D eigenvalue weighted by Gasteiger charge is -2.30. The van der Waals surface area contributed by atoms with Gasteiger partial charge in [-0.3, -0.25) is 9.59 Å². The fourth-order valence-corrected chi connectivity index (χ4v) is 6.04. The highest BCUT2D eigenvalue weighted by molar-refractivity contribution is 5.91. The Balaban J connectivity index is 1.45. The molecule has 0 bridgehead atoms. The summed E-state index contributed by atoms with van der Waals surface area (Å²) in [5.74, 6) is -4.80. The summed E-state index contributed by atoms with van der Waals surface area (Å²) in [6.45, 7) is 0.0628. The third-order valence-electron chi connectivity index (χ3n) is 8.28. The van der Waals surface area contributed by atoms with Gasteiger partial charge in [0, 0.05) is 23.5 Å². The van der Waals surface area contributed by atoms with Gasteiger partial charge in [0.05, 0.1) is 30.6 Å². The number of phenolic OH excluding ortho intramolecular Hbond substituents is 1. The number of aliphatic hydroxyl groups is 5. The number of carboxylic acids is 2. The van der Waals surface area contributed by atoms with E-state index in [0.717, 1.165) is 6.08 Å². The number of ether oxygens (including phenoxy) is 2. The minimum absolute atomic E-state index is 0.00666. The molecule has 13 nitrogen and oxygen atoms in total. The zero-order valence-corrected chi connectivity index (χ0v) is 22.7. The van der Waals surface area contributed by atoms with Crippen molar-refractivity contribution in [2.24, 2.45) is 11.8 Å². The molecule has 2 aromatic rings. The van der Waals surface area contributed by atoms with Gasteiger partial charge in [-0.15, -0.1) is 0 Å². The standard InChI is InChI=1S/C30H32O13/c31-16-8-12(10-19(32)33)1-4-17(16)42-6-5-13-7-14-2-3-15(11-20(34)35)24(36)21(14)25(37)18(9-13)43-30-22-23(30)27(39)29(41)28(40)26(22)38/h2-3,7-10,17,22-23,26-31,36,38-41H,1,4-6,11H2,(H,32,33)(H,34,35)/b12-10+. The number of hydrogen-bond acceptors (Lipinski definition) is 11. The van der Waals surface area contributed by atoms with Crippen LogP contribution in [0.5, 0.6) is 11.5 Å². The van der Waals surface area contributed by atoms with Crippen LogP contribution in [0, 0.1) is 11.8 Å². The Morgan fingerprint density at radius 2 is 1.63 bits per heavy atom. The third-order valence-corrected chi connectivity index (χ3v) is 8.28. The van der Waals surface area contributed by atoms with Gasteiger partial charge in [0.2, 0.25) is 5.43 Å². The molecule has 8 N–H and O–H groups in total. The van der Waals surface area contributed by atoms with Gasteiger partial charge in [-0.05, 0) is 47.9 Å². The largest absolute Gasteiger partial charge is 0.510 e. The zero-order valence-electron chi connectivity index (χ0n) is 22.7. The van der Waals surface area contributed by atoms with Crippen LogP contribution >= 0.6 is 0 Å². The molecule has 2 saturated carbocycles. The summed E-state index contributed by atoms with van der Waals surface area (Å²) in [6, 6.07) is 5.89. The van der Waals surface area contributed by atoms with E-state index in [1.807, 2.05) is 0 Å². The number of aromatic hydroxyl groups is 1. The van der Waals surface area contributed by atoms with E-state index in [-0.39, 0.29) is 40.9 Å². The number of carbonyl (C=O) groups is 2. The minimum atomic E-state index is -1.61. The highest BCUT2D eigenvalue weighted by atomic mass is 16.5. The van der Waals surface area contributed by atoms with E-state index in [1.165, 1.54) is 24.3 Å². The number of allylic oxidation sites excluding steroid dienone is 2. The predicted octanol–water partition coefficient (Wildman–Crippen LogP) is 0.158. The first-order valence-corrected chi connectivity index (χ1v) is 13.8. The van der Waals surface area contributed by atoms with Crippen LogP contribution in [0.2, 0.25) is 0 Å². The van der Waals surface area contributed by atoms with Crippen molar-refractivity contribution in [2.45, 2.75) is 62.3 Å². The molecule has 7 unspecified atom stereocenters. The van der Waals surface area contributed by atoms with E-state index in [1.54, 1.807) is 6.07 Å². The van der Waals surface area contributed by atoms with E-state index in [4.69, 9.17) is 14.6 Å². The molecule has 2 aromatic carbocycles. The molecular formula is C30H32O13. The molecule has 43 heavy (non-hydrogen) atoms. The summed E-state index contributed by atoms with van der Waals surface area (Å²) in [4.78, 5) is 35.9. The summed E-state index contributed by atoms with van der Waals surface area (Å²) < 4.78 is 11.8. The minimum Gasteiger partial charge on any atom is -0.510 e. The molecule has 0 aliphatic heterocycles. The monoisotopic (exact) mass is 600 g/mol. The number of carboxylic acid groups (broad SMARTS) is 2. The molecule has 5 rings (SSSR count). The van der Waals surface area contributed by atoms with Crippen molar-refractivity contribution >= 4 is 22.7 Å². The topological polar surface area (TPSA) is 232 Å². The second-order valence-corrected chi connectivity index (χ2v) is 11.1. The second kappa shape index (κ2) is 11.9. The number of phenols is 1. The van der Waals surface area contributed by atoms with Crippen LogP contribution < -0.4 is 10.2 Å². The Kier molecular flexibility index (Phi) is 8.45. The first-order valence-electron chi connectivity index (χ1n) is 13.8. The summed E-state index contributed by atoms with van der Waals surface area (Å²) >= 11 is 0. The van der Waals surface area contributed by atoms with E-state index in [9.17, 15) is 50.1 Å². The number of fused-ring (bicyclic) bond motifs is 2. The van der Waals surface area contributed by atoms with Crippen molar-refractivity contribution in [3.63, 3.8) is 0 Å². The molecule has 0 saturated heterocycles. The van der Waals surface area contributed by atoms with Gasteiger partial charge in [0.15, 0.2) is 5.75 Å². The number of aliphatic hydroxyl groups excluding tert-OH is 5. The first kappa shape index (κ1) is 30.4. The highest BCUT2D eigenvalue weighted by Gasteiger charge is 2.67. The maximum atomic E-state index is 13.7. The summed E-state index contributed by atoms with van der Waals surface area (Å²) in [5, 5.41) is 80.4. The van der Waals surface area contributed by atoms with E-state index in [2.05, 4.69) is 0 Å². The fourth-order valence-electron chi connectivity index (χ4n) is 6.04. The fraction of sp³-hybridized carbons (Fsp3) is 0.433. The van der Waals surface area contributed by atoms with Crippen LogP contribution in [0.3, 0.4) is 0 Å². The van der Waals surface area contributed by atoms with Gasteiger partial charge >= 0.3 is 11.9 Å². The number of rotatable bonds is 9. The maximum absolute atomic E-state index is 13.7. The number of benzene rings is 1. The summed E-state index contributed by atoms with van der Waals surface area (Å²) in [7, 11) is 0. The normalized spacial score (nSPS) is 30.9.